The summed E-state index contributed by atoms with van der Waals surface area (Å²) < 4.78 is 135. The summed E-state index contributed by atoms with van der Waals surface area (Å²) in [6.45, 7) is 0. The van der Waals surface area contributed by atoms with Crippen LogP contribution in [-0.4, -0.2) is 71.8 Å². The second-order valence-electron chi connectivity index (χ2n) is 14.7. The van der Waals surface area contributed by atoms with E-state index in [0.29, 0.717) is 89.4 Å². The molecule has 16 nitrogen and oxygen atoms in total. The average molecular weight is 1100 g/mol. The van der Waals surface area contributed by atoms with Gasteiger partial charge in [0.25, 0.3) is 40.5 Å². The fourth-order valence-corrected chi connectivity index (χ4v) is 9.51. The second kappa shape index (κ2) is 18.8. The second-order valence-corrected chi connectivity index (χ2v) is 25.8. The number of benzene rings is 4. The number of nitrogens with zero attached hydrogens (tertiary/aromatic N) is 2. The molecule has 24 heteroatoms. The molecule has 7 aromatic rings. The minimum absolute atomic E-state index is 0.340. The Morgan fingerprint density at radius 1 is 0.338 bits per heavy atom. The molecule has 0 amide bonds. The average Bonchev–Trinajstić information content (AvgIpc) is 4.11. The first kappa shape index (κ1) is 48.9. The van der Waals surface area contributed by atoms with Gasteiger partial charge in [-0.1, -0.05) is 48.5 Å². The van der Waals surface area contributed by atoms with Gasteiger partial charge in [0.2, 0.25) is 0 Å². The van der Waals surface area contributed by atoms with E-state index in [1.807, 2.05) is 0 Å². The van der Waals surface area contributed by atoms with Crippen molar-refractivity contribution in [2.24, 2.45) is 0 Å². The quantitative estimate of drug-likeness (QED) is 0.0610. The third-order valence-electron chi connectivity index (χ3n) is 10.5. The number of fused-ring (bicyclic) bond motifs is 8. The molecule has 351 valence electrons. The van der Waals surface area contributed by atoms with Gasteiger partial charge in [-0.05, 0) is 119 Å². The van der Waals surface area contributed by atoms with Crippen LogP contribution in [0, 0.1) is 0 Å². The van der Waals surface area contributed by atoms with Crippen molar-refractivity contribution in [3.63, 3.8) is 0 Å². The molecule has 0 atom stereocenters. The van der Waals surface area contributed by atoms with Crippen molar-refractivity contribution in [1.29, 1.82) is 0 Å². The minimum atomic E-state index is -4.55. The van der Waals surface area contributed by atoms with E-state index in [0.717, 1.165) is 0 Å². The van der Waals surface area contributed by atoms with Crippen LogP contribution in [0.2, 0.25) is 0 Å². The van der Waals surface area contributed by atoms with Gasteiger partial charge in [-0.3, -0.25) is 18.2 Å². The summed E-state index contributed by atoms with van der Waals surface area (Å²) in [6, 6.07) is 29.0. The molecular formula is C44H30Cl3FeN4O12S4. The normalized spacial score (nSPS) is 13.0. The fraction of sp³-hybridized carbons (Fsp3) is 0. The van der Waals surface area contributed by atoms with Crippen LogP contribution < -0.4 is 0 Å². The summed E-state index contributed by atoms with van der Waals surface area (Å²) in [5, 5.41) is 0. The first-order valence-electron chi connectivity index (χ1n) is 19.1. The van der Waals surface area contributed by atoms with Crippen molar-refractivity contribution in [3.8, 4) is 44.5 Å². The number of halogens is 3. The summed E-state index contributed by atoms with van der Waals surface area (Å²) in [7, 11) is -3.52. The van der Waals surface area contributed by atoms with E-state index in [4.69, 9.17) is 40.3 Å². The van der Waals surface area contributed by atoms with Crippen LogP contribution in [0.5, 0.6) is 0 Å². The Kier molecular flexibility index (Phi) is 13.5. The van der Waals surface area contributed by atoms with Crippen LogP contribution in [0.3, 0.4) is 0 Å². The van der Waals surface area contributed by atoms with E-state index < -0.39 is 51.6 Å². The van der Waals surface area contributed by atoms with Crippen molar-refractivity contribution in [2.45, 2.75) is 19.6 Å². The molecule has 4 aromatic carbocycles. The molecule has 68 heavy (non-hydrogen) atoms. The van der Waals surface area contributed by atoms with Gasteiger partial charge in [0.15, 0.2) is 0 Å². The number of hydrogen-bond acceptors (Lipinski definition) is 10. The molecule has 3 aromatic heterocycles. The zero-order valence-corrected chi connectivity index (χ0v) is 40.6. The van der Waals surface area contributed by atoms with Crippen molar-refractivity contribution >= 4 is 117 Å². The molecule has 5 heterocycles. The zero-order chi connectivity index (χ0) is 48.9. The molecule has 0 fully saturated rings. The Morgan fingerprint density at radius 2 is 0.515 bits per heavy atom. The van der Waals surface area contributed by atoms with Gasteiger partial charge in [0.05, 0.1) is 42.4 Å². The van der Waals surface area contributed by atoms with Gasteiger partial charge in [-0.25, -0.2) is 9.97 Å². The molecule has 2 aliphatic heterocycles. The molecule has 0 aliphatic carbocycles. The summed E-state index contributed by atoms with van der Waals surface area (Å²) in [6.07, 6.45) is 6.92. The molecule has 0 saturated heterocycles. The van der Waals surface area contributed by atoms with Crippen molar-refractivity contribution in [1.82, 2.24) is 19.9 Å². The van der Waals surface area contributed by atoms with Crippen LogP contribution in [0.25, 0.3) is 90.9 Å². The fourth-order valence-electron chi connectivity index (χ4n) is 7.59. The third-order valence-corrected chi connectivity index (χ3v) is 14.0. The standard InChI is InChI=1S/C44H30N4O12S4.3ClH.Fe/c49-61(50,51)29-9-1-25(2-10-29)41-33-17-19-35(45-33)42(26-3-11-30(12-4-26)62(52,53)54)37-21-23-39(47-37)44(28-7-15-32(16-8-28)64(58,59)60)40-24-22-38(48-40)43(36-20-18-34(41)46-36)27-5-13-31(14-6-27)63(55,56)57;;;;/h1-24,45,48H,(H,49,50,51)(H,52,53,54)(H,55,56,57)(H,58,59,60);3*1H;/q;;;;+3/p-3. The van der Waals surface area contributed by atoms with Gasteiger partial charge in [-0.2, -0.15) is 33.7 Å². The molecular weight excluding hydrogens is 1070 g/mol. The van der Waals surface area contributed by atoms with Gasteiger partial charge < -0.3 is 9.97 Å². The zero-order valence-electron chi connectivity index (χ0n) is 33.9. The maximum atomic E-state index is 12.0. The van der Waals surface area contributed by atoms with Crippen molar-refractivity contribution in [3.05, 3.63) is 144 Å². The predicted molar refractivity (Wildman–Crippen MR) is 257 cm³/mol. The molecule has 8 bridgehead atoms. The van der Waals surface area contributed by atoms with Crippen molar-refractivity contribution in [2.75, 3.05) is 0 Å². The number of hydrogen-bond donors (Lipinski definition) is 6. The summed E-state index contributed by atoms with van der Waals surface area (Å²) >= 11 is -1.33. The Morgan fingerprint density at radius 3 is 0.676 bits per heavy atom. The van der Waals surface area contributed by atoms with Crippen LogP contribution in [0.4, 0.5) is 0 Å². The van der Waals surface area contributed by atoms with E-state index >= 15 is 0 Å². The molecule has 0 radical (unpaired) electrons. The van der Waals surface area contributed by atoms with Gasteiger partial charge in [0.1, 0.15) is 0 Å². The van der Waals surface area contributed by atoms with Crippen molar-refractivity contribution < 1.29 is 63.0 Å². The third kappa shape index (κ3) is 10.6. The maximum absolute atomic E-state index is 12.0. The Labute approximate surface area is 405 Å². The number of H-pyrrole nitrogens is 2. The Hall–Kier alpha value is -5.49. The van der Waals surface area contributed by atoms with E-state index in [1.54, 1.807) is 48.6 Å². The molecule has 0 spiro atoms. The molecule has 2 aliphatic rings. The number of aromatic amines is 2. The summed E-state index contributed by atoms with van der Waals surface area (Å²) in [5.74, 6) is 0. The molecule has 6 N–H and O–H groups in total. The topological polar surface area (TPSA) is 275 Å². The first-order chi connectivity index (χ1) is 32.0. The molecule has 9 rings (SSSR count). The van der Waals surface area contributed by atoms with E-state index in [1.165, 1.54) is 97.1 Å². The first-order valence-corrected chi connectivity index (χ1v) is 29.4. The predicted octanol–water partition coefficient (Wildman–Crippen LogP) is 10.4. The number of rotatable bonds is 8. The summed E-state index contributed by atoms with van der Waals surface area (Å²) in [4.78, 5) is 15.6. The van der Waals surface area contributed by atoms with Crippen LogP contribution >= 0.6 is 30.3 Å². The van der Waals surface area contributed by atoms with Crippen LogP contribution in [0.1, 0.15) is 22.8 Å². The van der Waals surface area contributed by atoms with Crippen LogP contribution in [0.15, 0.2) is 141 Å². The molecule has 0 unspecified atom stereocenters. The Balaban J connectivity index is 0.00000150. The monoisotopic (exact) mass is 1090 g/mol. The van der Waals surface area contributed by atoms with Gasteiger partial charge in [0, 0.05) is 44.3 Å². The number of aromatic nitrogens is 4. The summed E-state index contributed by atoms with van der Waals surface area (Å²) in [5.41, 5.74) is 7.41. The Bertz CT molecular complexity index is 3370. The molecule has 0 saturated carbocycles. The SMILES string of the molecule is O=S(=O)(O)c1ccc(-c2c3nc(c(-c4ccc(S(=O)(=O)O)cc4)c4ccc([nH]4)c(-c4ccc(S(=O)(=O)O)cc4)c4nc(c(-c5ccc(S(=O)(=O)O)cc5)c5ccc2[nH]5)C=C4)C=C3)cc1.[Cl][Fe]([Cl])[Cl]. The van der Waals surface area contributed by atoms with E-state index in [2.05, 4.69) is 9.97 Å². The van der Waals surface area contributed by atoms with Crippen LogP contribution in [-0.2, 0) is 51.6 Å². The van der Waals surface area contributed by atoms with E-state index in [-0.39, 0.29) is 19.6 Å². The van der Waals surface area contributed by atoms with Gasteiger partial charge in [-0.15, -0.1) is 0 Å². The van der Waals surface area contributed by atoms with Gasteiger partial charge >= 0.3 is 41.5 Å². The van der Waals surface area contributed by atoms with E-state index in [9.17, 15) is 51.9 Å². The number of nitrogens with one attached hydrogen (secondary N) is 2.